The minimum atomic E-state index is -3.25. The molecule has 5 nitrogen and oxygen atoms in total. The molecule has 148 valence electrons. The molecule has 3 aliphatic rings. The van der Waals surface area contributed by atoms with E-state index in [1.165, 1.54) is 12.8 Å². The van der Waals surface area contributed by atoms with E-state index in [9.17, 15) is 13.2 Å². The van der Waals surface area contributed by atoms with E-state index in [0.717, 1.165) is 64.1 Å². The van der Waals surface area contributed by atoms with Gasteiger partial charge < -0.3 is 10.2 Å². The first-order chi connectivity index (χ1) is 13.0. The van der Waals surface area contributed by atoms with E-state index in [1.807, 2.05) is 4.90 Å². The molecule has 1 aliphatic heterocycles. The molecule has 0 atom stereocenters. The van der Waals surface area contributed by atoms with Gasteiger partial charge in [0.15, 0.2) is 9.84 Å². The zero-order valence-corrected chi connectivity index (χ0v) is 16.7. The van der Waals surface area contributed by atoms with Gasteiger partial charge in [-0.05, 0) is 75.3 Å². The number of hydrogen-bond acceptors (Lipinski definition) is 4. The maximum Gasteiger partial charge on any atom is 0.253 e. The third-order valence-electron chi connectivity index (χ3n) is 6.35. The molecule has 1 N–H and O–H groups in total. The minimum absolute atomic E-state index is 0.0143. The predicted octanol–water partition coefficient (Wildman–Crippen LogP) is 3.01. The normalized spacial score (nSPS) is 22.3. The van der Waals surface area contributed by atoms with Crippen molar-refractivity contribution < 1.29 is 13.2 Å². The number of nitrogens with one attached hydrogen (secondary N) is 1. The fraction of sp³-hybridized carbons (Fsp3) is 0.667. The molecule has 3 fully saturated rings. The third kappa shape index (κ3) is 4.37. The zero-order chi connectivity index (χ0) is 18.9. The van der Waals surface area contributed by atoms with Crippen LogP contribution in [0.4, 0.5) is 0 Å². The number of benzene rings is 1. The molecule has 1 saturated heterocycles. The summed E-state index contributed by atoms with van der Waals surface area (Å²) < 4.78 is 25.3. The van der Waals surface area contributed by atoms with Gasteiger partial charge in [-0.3, -0.25) is 4.79 Å². The first-order valence-electron chi connectivity index (χ1n) is 10.4. The Morgan fingerprint density at radius 3 is 2.19 bits per heavy atom. The highest BCUT2D eigenvalue weighted by atomic mass is 32.2. The Morgan fingerprint density at radius 2 is 1.59 bits per heavy atom. The lowest BCUT2D eigenvalue weighted by Crippen LogP contribution is -2.45. The summed E-state index contributed by atoms with van der Waals surface area (Å²) >= 11 is 0. The lowest BCUT2D eigenvalue weighted by molar-refractivity contribution is 0.0705. The van der Waals surface area contributed by atoms with Crippen molar-refractivity contribution >= 4 is 15.7 Å². The average molecular weight is 391 g/mol. The summed E-state index contributed by atoms with van der Waals surface area (Å²) in [5, 5.41) is 3.38. The Balaban J connectivity index is 1.34. The molecule has 1 aromatic carbocycles. The fourth-order valence-corrected chi connectivity index (χ4v) is 6.16. The molecule has 2 aliphatic carbocycles. The standard InChI is InChI=1S/C21H30N2O3S/c24-21(23-13-11-18(12-14-23)22-15-16-5-6-16)17-7-9-20(10-8-17)27(25,26)19-3-1-2-4-19/h7-10,16,18-19,22H,1-6,11-15H2. The van der Waals surface area contributed by atoms with Gasteiger partial charge in [0.1, 0.15) is 0 Å². The number of carbonyl (C=O) groups is 1. The van der Waals surface area contributed by atoms with Crippen molar-refractivity contribution in [3.8, 4) is 0 Å². The number of amides is 1. The quantitative estimate of drug-likeness (QED) is 0.811. The van der Waals surface area contributed by atoms with E-state index >= 15 is 0 Å². The van der Waals surface area contributed by atoms with Crippen LogP contribution in [0.3, 0.4) is 0 Å². The van der Waals surface area contributed by atoms with Gasteiger partial charge in [-0.15, -0.1) is 0 Å². The van der Waals surface area contributed by atoms with Crippen LogP contribution >= 0.6 is 0 Å². The van der Waals surface area contributed by atoms with Crippen LogP contribution in [0.2, 0.25) is 0 Å². The van der Waals surface area contributed by atoms with Gasteiger partial charge in [0, 0.05) is 24.7 Å². The van der Waals surface area contributed by atoms with E-state index < -0.39 is 9.84 Å². The molecule has 1 amide bonds. The molecule has 27 heavy (non-hydrogen) atoms. The molecule has 4 rings (SSSR count). The minimum Gasteiger partial charge on any atom is -0.339 e. The maximum atomic E-state index is 12.8. The summed E-state index contributed by atoms with van der Waals surface area (Å²) in [7, 11) is -3.25. The Hall–Kier alpha value is -1.40. The highest BCUT2D eigenvalue weighted by molar-refractivity contribution is 7.92. The van der Waals surface area contributed by atoms with Crippen LogP contribution < -0.4 is 5.32 Å². The topological polar surface area (TPSA) is 66.5 Å². The summed E-state index contributed by atoms with van der Waals surface area (Å²) in [6.45, 7) is 2.65. The van der Waals surface area contributed by atoms with Gasteiger partial charge in [0.2, 0.25) is 0 Å². The number of sulfone groups is 1. The summed E-state index contributed by atoms with van der Waals surface area (Å²) in [5.41, 5.74) is 0.588. The van der Waals surface area contributed by atoms with Crippen LogP contribution in [0.5, 0.6) is 0 Å². The van der Waals surface area contributed by atoms with Crippen LogP contribution in [0.25, 0.3) is 0 Å². The molecular weight excluding hydrogens is 360 g/mol. The number of carbonyl (C=O) groups excluding carboxylic acids is 1. The van der Waals surface area contributed by atoms with Crippen molar-refractivity contribution in [2.45, 2.75) is 67.6 Å². The number of nitrogens with zero attached hydrogens (tertiary/aromatic N) is 1. The van der Waals surface area contributed by atoms with Gasteiger partial charge in [0.05, 0.1) is 10.1 Å². The van der Waals surface area contributed by atoms with Crippen molar-refractivity contribution in [3.63, 3.8) is 0 Å². The van der Waals surface area contributed by atoms with E-state index in [0.29, 0.717) is 16.5 Å². The largest absolute Gasteiger partial charge is 0.339 e. The van der Waals surface area contributed by atoms with Crippen molar-refractivity contribution in [2.75, 3.05) is 19.6 Å². The number of piperidine rings is 1. The molecular formula is C21H30N2O3S. The van der Waals surface area contributed by atoms with Crippen LogP contribution in [-0.4, -0.2) is 50.2 Å². The summed E-state index contributed by atoms with van der Waals surface area (Å²) in [5.74, 6) is 0.893. The van der Waals surface area contributed by atoms with E-state index in [-0.39, 0.29) is 11.2 Å². The Labute approximate surface area is 162 Å². The van der Waals surface area contributed by atoms with Gasteiger partial charge in [-0.25, -0.2) is 8.42 Å². The van der Waals surface area contributed by atoms with Crippen LogP contribution in [0.1, 0.15) is 61.7 Å². The van der Waals surface area contributed by atoms with Crippen LogP contribution in [0, 0.1) is 5.92 Å². The van der Waals surface area contributed by atoms with E-state index in [1.54, 1.807) is 24.3 Å². The van der Waals surface area contributed by atoms with Gasteiger partial charge in [-0.2, -0.15) is 0 Å². The summed E-state index contributed by atoms with van der Waals surface area (Å²) in [6, 6.07) is 7.12. The number of hydrogen-bond donors (Lipinski definition) is 1. The molecule has 1 aromatic rings. The highest BCUT2D eigenvalue weighted by Gasteiger charge is 2.31. The van der Waals surface area contributed by atoms with Crippen molar-refractivity contribution in [1.29, 1.82) is 0 Å². The zero-order valence-electron chi connectivity index (χ0n) is 15.9. The highest BCUT2D eigenvalue weighted by Crippen LogP contribution is 2.30. The van der Waals surface area contributed by atoms with Crippen LogP contribution in [-0.2, 0) is 9.84 Å². The van der Waals surface area contributed by atoms with E-state index in [4.69, 9.17) is 0 Å². The molecule has 0 radical (unpaired) electrons. The summed E-state index contributed by atoms with van der Waals surface area (Å²) in [6.07, 6.45) is 8.20. The average Bonchev–Trinajstić information content (AvgIpc) is 3.35. The van der Waals surface area contributed by atoms with Crippen LogP contribution in [0.15, 0.2) is 29.2 Å². The number of likely N-dealkylation sites (tertiary alicyclic amines) is 1. The lowest BCUT2D eigenvalue weighted by Gasteiger charge is -2.32. The molecule has 0 unspecified atom stereocenters. The van der Waals surface area contributed by atoms with Crippen molar-refractivity contribution in [1.82, 2.24) is 10.2 Å². The molecule has 2 saturated carbocycles. The van der Waals surface area contributed by atoms with E-state index in [2.05, 4.69) is 5.32 Å². The maximum absolute atomic E-state index is 12.8. The second-order valence-electron chi connectivity index (χ2n) is 8.39. The third-order valence-corrected chi connectivity index (χ3v) is 8.62. The first kappa shape index (κ1) is 18.9. The molecule has 1 heterocycles. The lowest BCUT2D eigenvalue weighted by atomic mass is 10.0. The van der Waals surface area contributed by atoms with Crippen molar-refractivity contribution in [2.24, 2.45) is 5.92 Å². The molecule has 0 spiro atoms. The second-order valence-corrected chi connectivity index (χ2v) is 10.6. The predicted molar refractivity (Wildman–Crippen MR) is 106 cm³/mol. The SMILES string of the molecule is O=C(c1ccc(S(=O)(=O)C2CCCC2)cc1)N1CCC(NCC2CC2)CC1. The first-order valence-corrected chi connectivity index (χ1v) is 12.0. The smallest absolute Gasteiger partial charge is 0.253 e. The van der Waals surface area contributed by atoms with Gasteiger partial charge >= 0.3 is 0 Å². The summed E-state index contributed by atoms with van der Waals surface area (Å²) in [4.78, 5) is 15.0. The Bertz CT molecular complexity index is 757. The Kier molecular flexibility index (Phi) is 5.55. The van der Waals surface area contributed by atoms with Gasteiger partial charge in [-0.1, -0.05) is 12.8 Å². The molecule has 6 heteroatoms. The fourth-order valence-electron chi connectivity index (χ4n) is 4.30. The number of rotatable bonds is 6. The monoisotopic (exact) mass is 390 g/mol. The van der Waals surface area contributed by atoms with Gasteiger partial charge in [0.25, 0.3) is 5.91 Å². The molecule has 0 bridgehead atoms. The van der Waals surface area contributed by atoms with Crippen molar-refractivity contribution in [3.05, 3.63) is 29.8 Å². The second kappa shape index (κ2) is 7.92. The Morgan fingerprint density at radius 1 is 0.963 bits per heavy atom. The molecule has 0 aromatic heterocycles.